The fourth-order valence-corrected chi connectivity index (χ4v) is 1.73. The molecule has 1 aromatic rings. The molecule has 6 nitrogen and oxygen atoms in total. The average Bonchev–Trinajstić information content (AvgIpc) is 2.51. The Bertz CT molecular complexity index is 506. The van der Waals surface area contributed by atoms with Crippen molar-refractivity contribution >= 4 is 11.9 Å². The smallest absolute Gasteiger partial charge is 0.342 e. The first-order valence-corrected chi connectivity index (χ1v) is 5.75. The van der Waals surface area contributed by atoms with Crippen molar-refractivity contribution in [2.24, 2.45) is 0 Å². The van der Waals surface area contributed by atoms with Gasteiger partial charge < -0.3 is 19.3 Å². The molecule has 0 heterocycles. The second kappa shape index (κ2) is 7.18. The second-order valence-corrected chi connectivity index (χ2v) is 3.78. The van der Waals surface area contributed by atoms with Crippen molar-refractivity contribution in [2.75, 3.05) is 21.3 Å². The Labute approximate surface area is 116 Å². The number of hydrogen-bond donors (Lipinski definition) is 1. The molecule has 0 saturated heterocycles. The van der Waals surface area contributed by atoms with Crippen LogP contribution in [0.2, 0.25) is 0 Å². The molecule has 1 rings (SSSR count). The maximum Gasteiger partial charge on any atom is 0.342 e. The third kappa shape index (κ3) is 3.28. The van der Waals surface area contributed by atoms with Gasteiger partial charge in [-0.2, -0.15) is 0 Å². The van der Waals surface area contributed by atoms with Crippen LogP contribution in [-0.2, 0) is 23.8 Å². The van der Waals surface area contributed by atoms with Gasteiger partial charge in [0.2, 0.25) is 0 Å². The maximum atomic E-state index is 12.0. The summed E-state index contributed by atoms with van der Waals surface area (Å²) in [7, 11) is 3.51. The molecule has 0 aliphatic rings. The van der Waals surface area contributed by atoms with E-state index in [1.54, 1.807) is 30.3 Å². The van der Waals surface area contributed by atoms with Crippen LogP contribution < -0.4 is 0 Å². The van der Waals surface area contributed by atoms with E-state index in [1.807, 2.05) is 0 Å². The van der Waals surface area contributed by atoms with Crippen molar-refractivity contribution in [3.63, 3.8) is 0 Å². The van der Waals surface area contributed by atoms with E-state index in [0.717, 1.165) is 7.11 Å². The molecule has 0 radical (unpaired) electrons. The Morgan fingerprint density at radius 2 is 1.60 bits per heavy atom. The summed E-state index contributed by atoms with van der Waals surface area (Å²) in [6.45, 7) is 0. The lowest BCUT2D eigenvalue weighted by atomic mass is 9.91. The van der Waals surface area contributed by atoms with Crippen molar-refractivity contribution in [1.82, 2.24) is 0 Å². The summed E-state index contributed by atoms with van der Waals surface area (Å²) in [6, 6.07) is 8.42. The van der Waals surface area contributed by atoms with Crippen LogP contribution in [0.5, 0.6) is 0 Å². The molecule has 6 heteroatoms. The van der Waals surface area contributed by atoms with Crippen LogP contribution in [0.3, 0.4) is 0 Å². The lowest BCUT2D eigenvalue weighted by Gasteiger charge is -2.17. The molecule has 0 spiro atoms. The predicted molar refractivity (Wildman–Crippen MR) is 69.9 cm³/mol. The van der Waals surface area contributed by atoms with E-state index in [2.05, 4.69) is 14.2 Å². The van der Waals surface area contributed by atoms with Crippen LogP contribution in [0.1, 0.15) is 11.5 Å². The number of aliphatic hydroxyl groups excluding tert-OH is 1. The first kappa shape index (κ1) is 15.6. The third-order valence-electron chi connectivity index (χ3n) is 2.69. The van der Waals surface area contributed by atoms with Crippen LogP contribution in [0.15, 0.2) is 41.9 Å². The Hall–Kier alpha value is -2.50. The van der Waals surface area contributed by atoms with Crippen molar-refractivity contribution in [3.05, 3.63) is 47.4 Å². The van der Waals surface area contributed by atoms with E-state index in [1.165, 1.54) is 14.2 Å². The predicted octanol–water partition coefficient (Wildman–Crippen LogP) is 1.53. The number of esters is 2. The number of ether oxygens (including phenoxy) is 3. The second-order valence-electron chi connectivity index (χ2n) is 3.78. The van der Waals surface area contributed by atoms with Crippen LogP contribution in [0, 0.1) is 0 Å². The Balaban J connectivity index is 3.42. The summed E-state index contributed by atoms with van der Waals surface area (Å²) in [5, 5.41) is 9.74. The van der Waals surface area contributed by atoms with E-state index in [9.17, 15) is 14.7 Å². The van der Waals surface area contributed by atoms with Crippen molar-refractivity contribution in [1.29, 1.82) is 0 Å². The standard InChI is InChI=1S/C14H16O6/c1-18-12(15)10(9-7-5-4-6-8-9)11(13(16)19-2)14(17)20-3/h4-8,10,16H,1-3H3/b13-11-. The van der Waals surface area contributed by atoms with Gasteiger partial charge in [0.1, 0.15) is 11.5 Å². The topological polar surface area (TPSA) is 82.1 Å². The van der Waals surface area contributed by atoms with Gasteiger partial charge in [0.15, 0.2) is 0 Å². The van der Waals surface area contributed by atoms with Crippen LogP contribution in [-0.4, -0.2) is 38.4 Å². The zero-order chi connectivity index (χ0) is 15.1. The molecule has 0 fully saturated rings. The zero-order valence-corrected chi connectivity index (χ0v) is 11.5. The minimum Gasteiger partial charge on any atom is -0.481 e. The summed E-state index contributed by atoms with van der Waals surface area (Å²) in [5.41, 5.74) is 0.163. The van der Waals surface area contributed by atoms with E-state index in [0.29, 0.717) is 5.56 Å². The number of aliphatic hydroxyl groups is 1. The minimum atomic E-state index is -1.13. The number of benzene rings is 1. The number of rotatable bonds is 5. The van der Waals surface area contributed by atoms with Gasteiger partial charge in [-0.1, -0.05) is 30.3 Å². The number of carbonyl (C=O) groups excluding carboxylic acids is 2. The third-order valence-corrected chi connectivity index (χ3v) is 2.69. The summed E-state index contributed by atoms with van der Waals surface area (Å²) < 4.78 is 13.9. The minimum absolute atomic E-state index is 0.312. The highest BCUT2D eigenvalue weighted by atomic mass is 16.6. The summed E-state index contributed by atoms with van der Waals surface area (Å²) in [4.78, 5) is 23.8. The zero-order valence-electron chi connectivity index (χ0n) is 11.5. The van der Waals surface area contributed by atoms with E-state index in [4.69, 9.17) is 0 Å². The van der Waals surface area contributed by atoms with Gasteiger partial charge in [0, 0.05) is 0 Å². The first-order chi connectivity index (χ1) is 9.56. The van der Waals surface area contributed by atoms with E-state index < -0.39 is 23.8 Å². The molecular formula is C14H16O6. The Kier molecular flexibility index (Phi) is 5.58. The molecule has 0 aliphatic heterocycles. The number of hydrogen-bond acceptors (Lipinski definition) is 6. The van der Waals surface area contributed by atoms with Crippen molar-refractivity contribution < 1.29 is 28.9 Å². The molecule has 20 heavy (non-hydrogen) atoms. The van der Waals surface area contributed by atoms with Gasteiger partial charge >= 0.3 is 11.9 Å². The monoisotopic (exact) mass is 280 g/mol. The van der Waals surface area contributed by atoms with Gasteiger partial charge in [-0.3, -0.25) is 4.79 Å². The fourth-order valence-electron chi connectivity index (χ4n) is 1.73. The molecule has 0 aliphatic carbocycles. The molecule has 0 amide bonds. The van der Waals surface area contributed by atoms with Gasteiger partial charge in [-0.05, 0) is 5.56 Å². The fraction of sp³-hybridized carbons (Fsp3) is 0.286. The van der Waals surface area contributed by atoms with Crippen LogP contribution >= 0.6 is 0 Å². The van der Waals surface area contributed by atoms with Gasteiger partial charge in [0.25, 0.3) is 5.95 Å². The molecule has 0 saturated carbocycles. The largest absolute Gasteiger partial charge is 0.481 e. The van der Waals surface area contributed by atoms with Gasteiger partial charge in [-0.25, -0.2) is 4.79 Å². The summed E-state index contributed by atoms with van der Waals surface area (Å²) in [5.74, 6) is -3.39. The lowest BCUT2D eigenvalue weighted by molar-refractivity contribution is -0.145. The summed E-state index contributed by atoms with van der Waals surface area (Å²) in [6.07, 6.45) is 0. The Morgan fingerprint density at radius 3 is 2.05 bits per heavy atom. The molecule has 1 aromatic carbocycles. The lowest BCUT2D eigenvalue weighted by Crippen LogP contribution is -2.24. The number of carbonyl (C=O) groups is 2. The molecule has 0 aromatic heterocycles. The van der Waals surface area contributed by atoms with Crippen molar-refractivity contribution in [2.45, 2.75) is 5.92 Å². The van der Waals surface area contributed by atoms with E-state index in [-0.39, 0.29) is 5.57 Å². The molecule has 1 unspecified atom stereocenters. The van der Waals surface area contributed by atoms with Crippen molar-refractivity contribution in [3.8, 4) is 0 Å². The molecule has 108 valence electrons. The molecule has 1 N–H and O–H groups in total. The normalized spacial score (nSPS) is 12.9. The van der Waals surface area contributed by atoms with Gasteiger partial charge in [-0.15, -0.1) is 0 Å². The molecule has 0 bridgehead atoms. The number of methoxy groups -OCH3 is 3. The maximum absolute atomic E-state index is 12.0. The Morgan fingerprint density at radius 1 is 1.00 bits per heavy atom. The average molecular weight is 280 g/mol. The highest BCUT2D eigenvalue weighted by Gasteiger charge is 2.35. The van der Waals surface area contributed by atoms with Crippen LogP contribution in [0.4, 0.5) is 0 Å². The van der Waals surface area contributed by atoms with Crippen LogP contribution in [0.25, 0.3) is 0 Å². The highest BCUT2D eigenvalue weighted by molar-refractivity contribution is 5.98. The first-order valence-electron chi connectivity index (χ1n) is 5.75. The van der Waals surface area contributed by atoms with E-state index >= 15 is 0 Å². The molecular weight excluding hydrogens is 264 g/mol. The molecule has 1 atom stereocenters. The SMILES string of the molecule is COC(=O)/C(=C(/O)OC)C(C(=O)OC)c1ccccc1. The summed E-state index contributed by atoms with van der Waals surface area (Å²) >= 11 is 0. The van der Waals surface area contributed by atoms with Gasteiger partial charge in [0.05, 0.1) is 21.3 Å². The quantitative estimate of drug-likeness (QED) is 0.500. The highest BCUT2D eigenvalue weighted by Crippen LogP contribution is 2.28.